The van der Waals surface area contributed by atoms with Crippen LogP contribution in [0.25, 0.3) is 21.9 Å². The molecule has 1 nitrogen and oxygen atoms in total. The minimum Gasteiger partial charge on any atom is -0.310 e. The van der Waals surface area contributed by atoms with Crippen LogP contribution in [0.3, 0.4) is 0 Å². The average molecular weight is 566 g/mol. The molecule has 0 atom stereocenters. The van der Waals surface area contributed by atoms with Crippen LogP contribution < -0.4 is 4.90 Å². The number of anilines is 3. The fourth-order valence-corrected chi connectivity index (χ4v) is 6.86. The van der Waals surface area contributed by atoms with E-state index in [1.165, 1.54) is 87.8 Å². The first-order valence-electron chi connectivity index (χ1n) is 16.2. The summed E-state index contributed by atoms with van der Waals surface area (Å²) < 4.78 is 0. The summed E-state index contributed by atoms with van der Waals surface area (Å²) in [5.74, 6) is 0.633. The number of benzene rings is 5. The summed E-state index contributed by atoms with van der Waals surface area (Å²) >= 11 is 0. The smallest absolute Gasteiger partial charge is 0.0540 e. The zero-order valence-electron chi connectivity index (χ0n) is 27.0. The van der Waals surface area contributed by atoms with E-state index >= 15 is 0 Å². The topological polar surface area (TPSA) is 3.24 Å². The summed E-state index contributed by atoms with van der Waals surface area (Å²) in [5, 5.41) is 2.77. The van der Waals surface area contributed by atoms with Crippen LogP contribution >= 0.6 is 0 Å². The van der Waals surface area contributed by atoms with Gasteiger partial charge in [-0.3, -0.25) is 0 Å². The number of nitrogens with zero attached hydrogens (tertiary/aromatic N) is 1. The highest BCUT2D eigenvalue weighted by molar-refractivity contribution is 6.03. The fraction of sp³-hybridized carbons (Fsp3) is 0.333. The van der Waals surface area contributed by atoms with Gasteiger partial charge in [0.05, 0.1) is 5.69 Å². The highest BCUT2D eigenvalue weighted by Gasteiger charge is 2.26. The lowest BCUT2D eigenvalue weighted by Gasteiger charge is -2.32. The lowest BCUT2D eigenvalue weighted by Crippen LogP contribution is -2.19. The first kappa shape index (κ1) is 29.2. The summed E-state index contributed by atoms with van der Waals surface area (Å²) in [6.07, 6.45) is 6.62. The molecule has 1 saturated carbocycles. The molecule has 0 bridgehead atoms. The molecule has 0 radical (unpaired) electrons. The SMILES string of the molecule is CC(C)(C)c1cc(N(c2ccccc2)c2ccccc2-c2cccc3cccc(C4CCCCC4)c23)cc(C(C)(C)C)c1. The predicted octanol–water partition coefficient (Wildman–Crippen LogP) is 12.6. The Morgan fingerprint density at radius 1 is 0.535 bits per heavy atom. The van der Waals surface area contributed by atoms with Crippen molar-refractivity contribution in [2.45, 2.75) is 90.4 Å². The third kappa shape index (κ3) is 6.00. The van der Waals surface area contributed by atoms with Gasteiger partial charge in [0.15, 0.2) is 0 Å². The van der Waals surface area contributed by atoms with E-state index in [9.17, 15) is 0 Å². The second kappa shape index (κ2) is 11.7. The number of fused-ring (bicyclic) bond motifs is 1. The summed E-state index contributed by atoms with van der Waals surface area (Å²) in [5.41, 5.74) is 10.5. The molecule has 0 N–H and O–H groups in total. The van der Waals surface area contributed by atoms with Crippen molar-refractivity contribution in [3.05, 3.63) is 126 Å². The molecule has 220 valence electrons. The van der Waals surface area contributed by atoms with Crippen molar-refractivity contribution in [2.75, 3.05) is 4.90 Å². The highest BCUT2D eigenvalue weighted by Crippen LogP contribution is 2.46. The van der Waals surface area contributed by atoms with Crippen molar-refractivity contribution in [1.29, 1.82) is 0 Å². The maximum absolute atomic E-state index is 2.49. The van der Waals surface area contributed by atoms with E-state index in [1.807, 2.05) is 0 Å². The summed E-state index contributed by atoms with van der Waals surface area (Å²) in [6, 6.07) is 41.0. The third-order valence-electron chi connectivity index (χ3n) is 9.34. The van der Waals surface area contributed by atoms with E-state index in [0.29, 0.717) is 5.92 Å². The molecular formula is C42H47N. The van der Waals surface area contributed by atoms with Crippen molar-refractivity contribution in [1.82, 2.24) is 0 Å². The van der Waals surface area contributed by atoms with Gasteiger partial charge in [-0.15, -0.1) is 0 Å². The molecule has 0 aromatic heterocycles. The maximum Gasteiger partial charge on any atom is 0.0540 e. The lowest BCUT2D eigenvalue weighted by molar-refractivity contribution is 0.445. The molecule has 1 aliphatic rings. The highest BCUT2D eigenvalue weighted by atomic mass is 15.1. The second-order valence-corrected chi connectivity index (χ2v) is 14.5. The molecule has 0 aliphatic heterocycles. The minimum absolute atomic E-state index is 0.0302. The summed E-state index contributed by atoms with van der Waals surface area (Å²) in [4.78, 5) is 2.49. The van der Waals surface area contributed by atoms with E-state index in [4.69, 9.17) is 0 Å². The van der Waals surface area contributed by atoms with Crippen LogP contribution in [0.5, 0.6) is 0 Å². The second-order valence-electron chi connectivity index (χ2n) is 14.5. The van der Waals surface area contributed by atoms with Crippen LogP contribution in [0.15, 0.2) is 109 Å². The zero-order valence-corrected chi connectivity index (χ0v) is 27.0. The van der Waals surface area contributed by atoms with E-state index in [2.05, 4.69) is 156 Å². The molecule has 1 heteroatoms. The van der Waals surface area contributed by atoms with Crippen molar-refractivity contribution < 1.29 is 0 Å². The Balaban J connectivity index is 1.62. The van der Waals surface area contributed by atoms with Gasteiger partial charge in [0, 0.05) is 16.9 Å². The van der Waals surface area contributed by atoms with Crippen LogP contribution in [0.4, 0.5) is 17.1 Å². The first-order chi connectivity index (χ1) is 20.6. The van der Waals surface area contributed by atoms with Crippen LogP contribution in [-0.4, -0.2) is 0 Å². The number of hydrogen-bond acceptors (Lipinski definition) is 1. The molecule has 5 aromatic carbocycles. The molecule has 43 heavy (non-hydrogen) atoms. The third-order valence-corrected chi connectivity index (χ3v) is 9.34. The fourth-order valence-electron chi connectivity index (χ4n) is 6.86. The normalized spacial score (nSPS) is 14.7. The molecule has 0 amide bonds. The van der Waals surface area contributed by atoms with Crippen LogP contribution in [0.2, 0.25) is 0 Å². The predicted molar refractivity (Wildman–Crippen MR) is 187 cm³/mol. The molecule has 1 fully saturated rings. The lowest BCUT2D eigenvalue weighted by atomic mass is 9.80. The Morgan fingerprint density at radius 2 is 1.12 bits per heavy atom. The largest absolute Gasteiger partial charge is 0.310 e. The van der Waals surface area contributed by atoms with Crippen LogP contribution in [0, 0.1) is 0 Å². The first-order valence-corrected chi connectivity index (χ1v) is 16.2. The Labute approximate surface area is 259 Å². The molecule has 0 heterocycles. The quantitative estimate of drug-likeness (QED) is 0.205. The van der Waals surface area contributed by atoms with Gasteiger partial charge >= 0.3 is 0 Å². The minimum atomic E-state index is 0.0302. The van der Waals surface area contributed by atoms with Crippen LogP contribution in [0.1, 0.15) is 96.3 Å². The Morgan fingerprint density at radius 3 is 1.77 bits per heavy atom. The molecule has 6 rings (SSSR count). The molecular weight excluding hydrogens is 518 g/mol. The molecule has 5 aromatic rings. The van der Waals surface area contributed by atoms with Gasteiger partial charge in [-0.05, 0) is 92.9 Å². The number of para-hydroxylation sites is 2. The van der Waals surface area contributed by atoms with Gasteiger partial charge in [-0.25, -0.2) is 0 Å². The van der Waals surface area contributed by atoms with Gasteiger partial charge in [0.1, 0.15) is 0 Å². The van der Waals surface area contributed by atoms with Crippen molar-refractivity contribution in [2.24, 2.45) is 0 Å². The molecule has 1 aliphatic carbocycles. The van der Waals surface area contributed by atoms with E-state index in [1.54, 1.807) is 0 Å². The van der Waals surface area contributed by atoms with Crippen molar-refractivity contribution in [3.8, 4) is 11.1 Å². The summed E-state index contributed by atoms with van der Waals surface area (Å²) in [7, 11) is 0. The van der Waals surface area contributed by atoms with Gasteiger partial charge < -0.3 is 4.90 Å². The Kier molecular flexibility index (Phi) is 7.94. The van der Waals surface area contributed by atoms with Crippen molar-refractivity contribution in [3.63, 3.8) is 0 Å². The van der Waals surface area contributed by atoms with E-state index < -0.39 is 0 Å². The molecule has 0 saturated heterocycles. The Hall–Kier alpha value is -3.84. The molecule has 0 spiro atoms. The summed E-state index contributed by atoms with van der Waals surface area (Å²) in [6.45, 7) is 13.9. The van der Waals surface area contributed by atoms with Crippen molar-refractivity contribution >= 4 is 27.8 Å². The monoisotopic (exact) mass is 565 g/mol. The number of hydrogen-bond donors (Lipinski definition) is 0. The zero-order chi connectivity index (χ0) is 30.2. The molecule has 0 unspecified atom stereocenters. The van der Waals surface area contributed by atoms with Crippen LogP contribution in [-0.2, 0) is 10.8 Å². The number of rotatable bonds is 5. The van der Waals surface area contributed by atoms with Gasteiger partial charge in [-0.2, -0.15) is 0 Å². The van der Waals surface area contributed by atoms with E-state index in [0.717, 1.165) is 0 Å². The maximum atomic E-state index is 2.49. The Bertz CT molecular complexity index is 1670. The van der Waals surface area contributed by atoms with Gasteiger partial charge in [0.2, 0.25) is 0 Å². The standard InChI is InChI=1S/C42H47N/c1-41(2,3)32-27-33(42(4,5)6)29-35(28-32)43(34-21-11-8-12-22-34)39-26-14-13-23-37(39)38-25-16-20-31-19-15-24-36(40(31)38)30-17-9-7-10-18-30/h8,11-16,19-30H,7,9-10,17-18H2,1-6H3. The van der Waals surface area contributed by atoms with Gasteiger partial charge in [0.25, 0.3) is 0 Å². The van der Waals surface area contributed by atoms with Gasteiger partial charge in [-0.1, -0.05) is 140 Å². The van der Waals surface area contributed by atoms with E-state index in [-0.39, 0.29) is 10.8 Å². The average Bonchev–Trinajstić information content (AvgIpc) is 3.01.